The first-order valence-electron chi connectivity index (χ1n) is 5.64. The fourth-order valence-corrected chi connectivity index (χ4v) is 1.62. The van der Waals surface area contributed by atoms with Crippen molar-refractivity contribution in [3.63, 3.8) is 0 Å². The summed E-state index contributed by atoms with van der Waals surface area (Å²) in [6, 6.07) is 0. The lowest BCUT2D eigenvalue weighted by molar-refractivity contribution is 0.410. The van der Waals surface area contributed by atoms with Crippen molar-refractivity contribution in [3.05, 3.63) is 24.1 Å². The molecule has 2 rings (SSSR count). The van der Waals surface area contributed by atoms with Gasteiger partial charge in [-0.15, -0.1) is 0 Å². The van der Waals surface area contributed by atoms with Crippen LogP contribution in [-0.4, -0.2) is 26.7 Å². The maximum Gasteiger partial charge on any atom is 0.213 e. The quantitative estimate of drug-likeness (QED) is 0.496. The summed E-state index contributed by atoms with van der Waals surface area (Å²) < 4.78 is 4.66. The van der Waals surface area contributed by atoms with E-state index in [0.29, 0.717) is 24.6 Å². The topological polar surface area (TPSA) is 115 Å². The summed E-state index contributed by atoms with van der Waals surface area (Å²) in [5.74, 6) is 7.46. The highest BCUT2D eigenvalue weighted by Gasteiger charge is 2.08. The maximum atomic E-state index is 5.40. The normalized spacial score (nSPS) is 10.3. The van der Waals surface area contributed by atoms with E-state index in [1.165, 1.54) is 12.7 Å². The van der Waals surface area contributed by atoms with E-state index in [4.69, 9.17) is 5.84 Å². The van der Waals surface area contributed by atoms with Crippen LogP contribution < -0.4 is 16.6 Å². The fraction of sp³-hybridized carbons (Fsp3) is 0.400. The molecule has 0 saturated carbocycles. The fourth-order valence-electron chi connectivity index (χ4n) is 1.62. The molecular weight excluding hydrogens is 234 g/mol. The number of hydrazine groups is 1. The number of aromatic nitrogens is 4. The molecule has 8 heteroatoms. The van der Waals surface area contributed by atoms with Crippen molar-refractivity contribution < 1.29 is 4.52 Å². The molecule has 0 aromatic carbocycles. The highest BCUT2D eigenvalue weighted by atomic mass is 16.5. The van der Waals surface area contributed by atoms with E-state index in [2.05, 4.69) is 35.4 Å². The molecule has 0 spiro atoms. The predicted molar refractivity (Wildman–Crippen MR) is 65.7 cm³/mol. The minimum absolute atomic E-state index is 0.634. The van der Waals surface area contributed by atoms with Crippen molar-refractivity contribution in [2.75, 3.05) is 17.3 Å². The van der Waals surface area contributed by atoms with Crippen molar-refractivity contribution in [2.45, 2.75) is 19.8 Å². The van der Waals surface area contributed by atoms with Gasteiger partial charge in [-0.05, 0) is 6.42 Å². The summed E-state index contributed by atoms with van der Waals surface area (Å²) in [4.78, 5) is 12.2. The SMILES string of the molecule is CCc1c(NN)ncnc1NCCc1ncon1. The van der Waals surface area contributed by atoms with Crippen LogP contribution in [0.4, 0.5) is 11.6 Å². The summed E-state index contributed by atoms with van der Waals surface area (Å²) in [5, 5.41) is 6.94. The van der Waals surface area contributed by atoms with Gasteiger partial charge in [0, 0.05) is 18.5 Å². The van der Waals surface area contributed by atoms with Crippen LogP contribution in [0.2, 0.25) is 0 Å². The summed E-state index contributed by atoms with van der Waals surface area (Å²) in [5.41, 5.74) is 3.51. The lowest BCUT2D eigenvalue weighted by Crippen LogP contribution is -2.15. The third-order valence-corrected chi connectivity index (χ3v) is 2.48. The van der Waals surface area contributed by atoms with E-state index in [1.807, 2.05) is 6.92 Å². The molecule has 0 bridgehead atoms. The number of hydrogen-bond acceptors (Lipinski definition) is 8. The third kappa shape index (κ3) is 2.72. The van der Waals surface area contributed by atoms with Crippen LogP contribution in [0.1, 0.15) is 18.3 Å². The van der Waals surface area contributed by atoms with Crippen molar-refractivity contribution in [2.24, 2.45) is 5.84 Å². The molecule has 8 nitrogen and oxygen atoms in total. The van der Waals surface area contributed by atoms with Gasteiger partial charge in [0.25, 0.3) is 0 Å². The van der Waals surface area contributed by atoms with E-state index in [0.717, 1.165) is 17.8 Å². The van der Waals surface area contributed by atoms with Gasteiger partial charge in [0.05, 0.1) is 0 Å². The summed E-state index contributed by atoms with van der Waals surface area (Å²) in [6.07, 6.45) is 4.22. The Bertz CT molecular complexity index is 485. The molecule has 2 aromatic heterocycles. The first-order chi connectivity index (χ1) is 8.85. The predicted octanol–water partition coefficient (Wildman–Crippen LogP) is 0.362. The average Bonchev–Trinajstić information content (AvgIpc) is 2.91. The van der Waals surface area contributed by atoms with Gasteiger partial charge in [-0.1, -0.05) is 12.1 Å². The average molecular weight is 249 g/mol. The van der Waals surface area contributed by atoms with E-state index in [1.54, 1.807) is 0 Å². The zero-order valence-corrected chi connectivity index (χ0v) is 10.1. The Labute approximate surface area is 104 Å². The number of nitrogens with one attached hydrogen (secondary N) is 2. The molecule has 0 atom stereocenters. The van der Waals surface area contributed by atoms with E-state index in [-0.39, 0.29) is 0 Å². The van der Waals surface area contributed by atoms with Crippen LogP contribution in [0.5, 0.6) is 0 Å². The second-order valence-electron chi connectivity index (χ2n) is 3.57. The Morgan fingerprint density at radius 1 is 1.28 bits per heavy atom. The number of nitrogen functional groups attached to an aromatic ring is 1. The first-order valence-corrected chi connectivity index (χ1v) is 5.64. The van der Waals surface area contributed by atoms with Crippen LogP contribution >= 0.6 is 0 Å². The molecule has 0 fully saturated rings. The monoisotopic (exact) mass is 249 g/mol. The van der Waals surface area contributed by atoms with Crippen LogP contribution in [0.3, 0.4) is 0 Å². The molecule has 96 valence electrons. The molecule has 0 amide bonds. The highest BCUT2D eigenvalue weighted by Crippen LogP contribution is 2.19. The number of anilines is 2. The maximum absolute atomic E-state index is 5.40. The van der Waals surface area contributed by atoms with Gasteiger partial charge in [-0.2, -0.15) is 4.98 Å². The smallest absolute Gasteiger partial charge is 0.213 e. The molecule has 0 saturated heterocycles. The van der Waals surface area contributed by atoms with Gasteiger partial charge in [0.1, 0.15) is 18.0 Å². The number of hydrogen-bond donors (Lipinski definition) is 3. The van der Waals surface area contributed by atoms with Crippen molar-refractivity contribution in [3.8, 4) is 0 Å². The third-order valence-electron chi connectivity index (χ3n) is 2.48. The molecule has 18 heavy (non-hydrogen) atoms. The second kappa shape index (κ2) is 5.92. The van der Waals surface area contributed by atoms with Gasteiger partial charge >= 0.3 is 0 Å². The van der Waals surface area contributed by atoms with Gasteiger partial charge in [0.2, 0.25) is 6.39 Å². The van der Waals surface area contributed by atoms with Crippen molar-refractivity contribution in [1.29, 1.82) is 0 Å². The van der Waals surface area contributed by atoms with Gasteiger partial charge in [-0.3, -0.25) is 0 Å². The number of nitrogens with two attached hydrogens (primary N) is 1. The first kappa shape index (κ1) is 12.2. The Morgan fingerprint density at radius 3 is 2.78 bits per heavy atom. The molecule has 2 aromatic rings. The van der Waals surface area contributed by atoms with Gasteiger partial charge in [0.15, 0.2) is 5.82 Å². The standard InChI is InChI=1S/C10H15N7O/c1-2-7-9(13-5-14-10(7)16-11)12-4-3-8-15-6-18-17-8/h5-6H,2-4,11H2,1H3,(H2,12,13,14,16). The minimum atomic E-state index is 0.634. The molecule has 0 aliphatic heterocycles. The van der Waals surface area contributed by atoms with Crippen molar-refractivity contribution in [1.82, 2.24) is 20.1 Å². The van der Waals surface area contributed by atoms with Crippen molar-refractivity contribution >= 4 is 11.6 Å². The molecular formula is C10H15N7O. The Kier molecular flexibility index (Phi) is 4.02. The molecule has 0 aliphatic rings. The van der Waals surface area contributed by atoms with E-state index < -0.39 is 0 Å². The number of rotatable bonds is 6. The second-order valence-corrected chi connectivity index (χ2v) is 3.57. The van der Waals surface area contributed by atoms with Gasteiger partial charge < -0.3 is 15.3 Å². The van der Waals surface area contributed by atoms with E-state index in [9.17, 15) is 0 Å². The molecule has 0 radical (unpaired) electrons. The van der Waals surface area contributed by atoms with Crippen LogP contribution in [-0.2, 0) is 12.8 Å². The molecule has 0 aliphatic carbocycles. The summed E-state index contributed by atoms with van der Waals surface area (Å²) in [6.45, 7) is 2.68. The Balaban J connectivity index is 2.00. The van der Waals surface area contributed by atoms with Gasteiger partial charge in [-0.25, -0.2) is 15.8 Å². The summed E-state index contributed by atoms with van der Waals surface area (Å²) >= 11 is 0. The lowest BCUT2D eigenvalue weighted by atomic mass is 10.2. The summed E-state index contributed by atoms with van der Waals surface area (Å²) in [7, 11) is 0. The van der Waals surface area contributed by atoms with Crippen LogP contribution in [0.25, 0.3) is 0 Å². The Morgan fingerprint density at radius 2 is 2.11 bits per heavy atom. The minimum Gasteiger partial charge on any atom is -0.369 e. The lowest BCUT2D eigenvalue weighted by Gasteiger charge is -2.11. The largest absolute Gasteiger partial charge is 0.369 e. The molecule has 0 unspecified atom stereocenters. The van der Waals surface area contributed by atoms with Crippen LogP contribution in [0.15, 0.2) is 17.2 Å². The zero-order chi connectivity index (χ0) is 12.8. The molecule has 2 heterocycles. The molecule has 4 N–H and O–H groups in total. The Hall–Kier alpha value is -2.22. The van der Waals surface area contributed by atoms with Crippen LogP contribution in [0, 0.1) is 0 Å². The zero-order valence-electron chi connectivity index (χ0n) is 10.1. The number of nitrogens with zero attached hydrogens (tertiary/aromatic N) is 4. The highest BCUT2D eigenvalue weighted by molar-refractivity contribution is 5.56. The van der Waals surface area contributed by atoms with E-state index >= 15 is 0 Å².